The molecular weight excluding hydrogens is 543 g/mol. The number of hydrogen-bond donors (Lipinski definition) is 0. The van der Waals surface area contributed by atoms with Crippen molar-refractivity contribution >= 4 is 57.8 Å². The van der Waals surface area contributed by atoms with Crippen molar-refractivity contribution in [3.8, 4) is 0 Å². The average molecular weight is 592 g/mol. The third-order valence-electron chi connectivity index (χ3n) is 6.88. The molecule has 0 aliphatic rings. The SMILES string of the molecule is C[Si](C)(C)[CH]([Si](C)(C)C)[Sn]([c]1ccccc1)([c]1ccccc1)[CH]([Si](C)(C)C)[Si](C)(C)C. The topological polar surface area (TPSA) is 0 Å². The van der Waals surface area contributed by atoms with Gasteiger partial charge in [0.25, 0.3) is 0 Å². The van der Waals surface area contributed by atoms with E-state index in [1.54, 1.807) is 7.16 Å². The second-order valence-electron chi connectivity index (χ2n) is 13.9. The van der Waals surface area contributed by atoms with Gasteiger partial charge in [0, 0.05) is 0 Å². The van der Waals surface area contributed by atoms with Crippen molar-refractivity contribution in [3.63, 3.8) is 0 Å². The van der Waals surface area contributed by atoms with Gasteiger partial charge in [-0.25, -0.2) is 0 Å². The van der Waals surface area contributed by atoms with E-state index < -0.39 is 50.7 Å². The van der Waals surface area contributed by atoms with Crippen LogP contribution in [-0.4, -0.2) is 50.7 Å². The minimum atomic E-state index is -3.23. The minimum absolute atomic E-state index is 0.975. The zero-order valence-electron chi connectivity index (χ0n) is 22.4. The molecule has 0 unspecified atom stereocenters. The van der Waals surface area contributed by atoms with Gasteiger partial charge in [-0.2, -0.15) is 0 Å². The van der Waals surface area contributed by atoms with E-state index in [4.69, 9.17) is 0 Å². The molecule has 172 valence electrons. The fourth-order valence-electron chi connectivity index (χ4n) is 7.76. The normalized spacial score (nSPS) is 14.4. The maximum atomic E-state index is 2.71. The first kappa shape index (κ1) is 27.4. The maximum absolute atomic E-state index is 3.23. The van der Waals surface area contributed by atoms with Gasteiger partial charge in [-0.15, -0.1) is 0 Å². The fourth-order valence-corrected chi connectivity index (χ4v) is 109. The Morgan fingerprint density at radius 1 is 0.419 bits per heavy atom. The van der Waals surface area contributed by atoms with Gasteiger partial charge < -0.3 is 0 Å². The third-order valence-corrected chi connectivity index (χ3v) is 78.6. The molecule has 0 saturated carbocycles. The van der Waals surface area contributed by atoms with Crippen LogP contribution >= 0.6 is 0 Å². The standard InChI is InChI=1S/2C7H19Si2.2C6H5.Sn/c2*1-8(2,3)7-9(4,5)6;2*1-2-4-6-5-3-1;/h2*7H,1-6H3;2*1-5H;. The molecule has 0 radical (unpaired) electrons. The Balaban J connectivity index is 3.22. The molecule has 0 aliphatic carbocycles. The third kappa shape index (κ3) is 5.79. The van der Waals surface area contributed by atoms with E-state index in [9.17, 15) is 0 Å². The Morgan fingerprint density at radius 2 is 0.645 bits per heavy atom. The number of hydrogen-bond acceptors (Lipinski definition) is 0. The van der Waals surface area contributed by atoms with Crippen molar-refractivity contribution < 1.29 is 0 Å². The first-order chi connectivity index (χ1) is 13.9. The Bertz CT molecular complexity index is 736. The summed E-state index contributed by atoms with van der Waals surface area (Å²) in [5.74, 6) is 0. The average Bonchev–Trinajstić information content (AvgIpc) is 2.57. The van der Waals surface area contributed by atoms with Gasteiger partial charge in [-0.3, -0.25) is 0 Å². The Hall–Kier alpha value is 0.106. The summed E-state index contributed by atoms with van der Waals surface area (Å²) in [6, 6.07) is 24.2. The number of rotatable bonds is 8. The van der Waals surface area contributed by atoms with E-state index in [0.29, 0.717) is 0 Å². The van der Waals surface area contributed by atoms with Gasteiger partial charge in [0.15, 0.2) is 0 Å². The molecule has 31 heavy (non-hydrogen) atoms. The van der Waals surface area contributed by atoms with Gasteiger partial charge >= 0.3 is 203 Å². The van der Waals surface area contributed by atoms with Crippen LogP contribution in [0.15, 0.2) is 60.7 Å². The summed E-state index contributed by atoms with van der Waals surface area (Å²) in [6.45, 7) is 32.5. The molecule has 5 heteroatoms. The van der Waals surface area contributed by atoms with Crippen molar-refractivity contribution in [2.75, 3.05) is 0 Å². The zero-order chi connectivity index (χ0) is 23.9. The van der Waals surface area contributed by atoms with Crippen molar-refractivity contribution in [3.05, 3.63) is 60.7 Å². The molecular formula is C26H48Si4Sn. The molecule has 2 aromatic rings. The van der Waals surface area contributed by atoms with Gasteiger partial charge in [-0.1, -0.05) is 0 Å². The monoisotopic (exact) mass is 592 g/mol. The molecule has 0 nitrogen and oxygen atoms in total. The zero-order valence-corrected chi connectivity index (χ0v) is 29.3. The second kappa shape index (κ2) is 9.39. The van der Waals surface area contributed by atoms with E-state index in [2.05, 4.69) is 139 Å². The van der Waals surface area contributed by atoms with Gasteiger partial charge in [0.05, 0.1) is 0 Å². The quantitative estimate of drug-likeness (QED) is 0.279. The van der Waals surface area contributed by atoms with Crippen LogP contribution in [0.2, 0.25) is 84.9 Å². The van der Waals surface area contributed by atoms with E-state index in [-0.39, 0.29) is 0 Å². The summed E-state index contributed by atoms with van der Waals surface area (Å²) in [5.41, 5.74) is 0. The van der Waals surface area contributed by atoms with Crippen molar-refractivity contribution in [2.24, 2.45) is 0 Å². The van der Waals surface area contributed by atoms with Crippen LogP contribution in [-0.2, 0) is 0 Å². The Labute approximate surface area is 202 Å². The van der Waals surface area contributed by atoms with Gasteiger partial charge in [0.2, 0.25) is 0 Å². The summed E-state index contributed by atoms with van der Waals surface area (Å²) < 4.78 is 5.55. The molecule has 0 aliphatic heterocycles. The van der Waals surface area contributed by atoms with E-state index in [1.165, 1.54) is 0 Å². The fraction of sp³-hybridized carbons (Fsp3) is 0.538. The molecule has 0 spiro atoms. The molecule has 0 fully saturated rings. The Kier molecular flexibility index (Phi) is 8.29. The molecule has 0 bridgehead atoms. The molecule has 0 atom stereocenters. The first-order valence-corrected chi connectivity index (χ1v) is 32.5. The summed E-state index contributed by atoms with van der Waals surface area (Å²) in [4.78, 5) is 0. The molecule has 0 amide bonds. The molecule has 2 rings (SSSR count). The molecule has 0 saturated heterocycles. The van der Waals surface area contributed by atoms with Gasteiger partial charge in [0.1, 0.15) is 0 Å². The van der Waals surface area contributed by atoms with Crippen LogP contribution in [0.1, 0.15) is 0 Å². The van der Waals surface area contributed by atoms with Crippen molar-refractivity contribution in [1.29, 1.82) is 0 Å². The van der Waals surface area contributed by atoms with E-state index in [1.807, 2.05) is 0 Å². The summed E-state index contributed by atoms with van der Waals surface area (Å²) >= 11 is -3.23. The molecule has 0 N–H and O–H groups in total. The molecule has 0 aromatic heterocycles. The van der Waals surface area contributed by atoms with E-state index in [0.717, 1.165) is 6.36 Å². The van der Waals surface area contributed by atoms with Crippen LogP contribution in [0.4, 0.5) is 0 Å². The number of benzene rings is 2. The summed E-state index contributed by atoms with van der Waals surface area (Å²) in [5, 5.41) is 0. The van der Waals surface area contributed by atoms with E-state index >= 15 is 0 Å². The van der Waals surface area contributed by atoms with Crippen molar-refractivity contribution in [1.82, 2.24) is 0 Å². The Morgan fingerprint density at radius 3 is 0.839 bits per heavy atom. The summed E-state index contributed by atoms with van der Waals surface area (Å²) in [7, 11) is -5.78. The van der Waals surface area contributed by atoms with Crippen LogP contribution in [0, 0.1) is 0 Å². The van der Waals surface area contributed by atoms with Gasteiger partial charge in [-0.05, 0) is 0 Å². The van der Waals surface area contributed by atoms with Crippen LogP contribution < -0.4 is 7.16 Å². The first-order valence-electron chi connectivity index (χ1n) is 12.1. The van der Waals surface area contributed by atoms with Crippen LogP contribution in [0.5, 0.6) is 0 Å². The predicted molar refractivity (Wildman–Crippen MR) is 159 cm³/mol. The van der Waals surface area contributed by atoms with Crippen molar-refractivity contribution in [2.45, 2.75) is 84.9 Å². The predicted octanol–water partition coefficient (Wildman–Crippen LogP) is 7.50. The summed E-state index contributed by atoms with van der Waals surface area (Å²) in [6.07, 6.45) is 0. The molecule has 0 heterocycles. The van der Waals surface area contributed by atoms with Crippen LogP contribution in [0.25, 0.3) is 0 Å². The molecule has 2 aromatic carbocycles. The van der Waals surface area contributed by atoms with Crippen LogP contribution in [0.3, 0.4) is 0 Å². The second-order valence-corrected chi connectivity index (χ2v) is 54.5.